The zero-order valence-electron chi connectivity index (χ0n) is 15.4. The number of ether oxygens (including phenoxy) is 2. The minimum absolute atomic E-state index is 0.0122. The smallest absolute Gasteiger partial charge is 0.328 e. The second-order valence-electron chi connectivity index (χ2n) is 6.77. The molecule has 2 aromatic carbocycles. The molecule has 0 radical (unpaired) electrons. The topological polar surface area (TPSA) is 75.4 Å². The summed E-state index contributed by atoms with van der Waals surface area (Å²) in [6.45, 7) is 0. The molecule has 1 saturated carbocycles. The first-order chi connectivity index (χ1) is 13.6. The van der Waals surface area contributed by atoms with Crippen LogP contribution in [0.5, 0.6) is 11.6 Å². The molecule has 0 amide bonds. The van der Waals surface area contributed by atoms with Crippen molar-refractivity contribution in [2.75, 3.05) is 7.11 Å². The summed E-state index contributed by atoms with van der Waals surface area (Å²) in [5.41, 5.74) is 0.306. The van der Waals surface area contributed by atoms with E-state index in [1.54, 1.807) is 24.3 Å². The van der Waals surface area contributed by atoms with Crippen molar-refractivity contribution in [3.05, 3.63) is 64.7 Å². The molecule has 4 rings (SSSR count). The maximum Gasteiger partial charge on any atom is 0.328 e. The predicted molar refractivity (Wildman–Crippen MR) is 100.0 cm³/mol. The standard InChI is InChI=1S/C21H19FN2O4/c1-27-15-9-6-13(7-10-15)20(25)19-21(28-16-4-2-3-5-16)23-17-11-8-14(22)12-18(17)24(19)26/h6-12,16H,2-5H2,1H3. The van der Waals surface area contributed by atoms with E-state index >= 15 is 0 Å². The van der Waals surface area contributed by atoms with Gasteiger partial charge in [-0.1, -0.05) is 0 Å². The van der Waals surface area contributed by atoms with Crippen LogP contribution in [0.4, 0.5) is 4.39 Å². The van der Waals surface area contributed by atoms with Crippen LogP contribution in [-0.2, 0) is 0 Å². The second kappa shape index (κ2) is 7.42. The molecular weight excluding hydrogens is 363 g/mol. The summed E-state index contributed by atoms with van der Waals surface area (Å²) in [5, 5.41) is 13.0. The van der Waals surface area contributed by atoms with Crippen LogP contribution in [0.2, 0.25) is 0 Å². The maximum absolute atomic E-state index is 13.7. The van der Waals surface area contributed by atoms with Gasteiger partial charge in [0.1, 0.15) is 23.2 Å². The van der Waals surface area contributed by atoms with Gasteiger partial charge in [0.2, 0.25) is 5.52 Å². The fourth-order valence-electron chi connectivity index (χ4n) is 3.44. The molecule has 0 atom stereocenters. The highest BCUT2D eigenvalue weighted by Gasteiger charge is 2.31. The Morgan fingerprint density at radius 1 is 1.18 bits per heavy atom. The third kappa shape index (κ3) is 3.35. The summed E-state index contributed by atoms with van der Waals surface area (Å²) in [4.78, 5) is 17.5. The van der Waals surface area contributed by atoms with Crippen LogP contribution in [0, 0.1) is 11.0 Å². The lowest BCUT2D eigenvalue weighted by molar-refractivity contribution is -0.580. The molecule has 0 aliphatic heterocycles. The van der Waals surface area contributed by atoms with Gasteiger partial charge < -0.3 is 14.7 Å². The van der Waals surface area contributed by atoms with E-state index in [2.05, 4.69) is 4.98 Å². The number of halogens is 1. The zero-order chi connectivity index (χ0) is 19.7. The van der Waals surface area contributed by atoms with Gasteiger partial charge in [-0.3, -0.25) is 4.79 Å². The average molecular weight is 382 g/mol. The number of methoxy groups -OCH3 is 1. The molecule has 6 nitrogen and oxygen atoms in total. The van der Waals surface area contributed by atoms with E-state index in [4.69, 9.17) is 9.47 Å². The molecule has 144 valence electrons. The number of ketones is 1. The minimum atomic E-state index is -0.578. The molecule has 0 unspecified atom stereocenters. The number of hydrogen-bond acceptors (Lipinski definition) is 5. The number of aromatic nitrogens is 2. The van der Waals surface area contributed by atoms with E-state index in [-0.39, 0.29) is 28.7 Å². The Morgan fingerprint density at radius 2 is 1.89 bits per heavy atom. The Hall–Kier alpha value is -3.22. The lowest BCUT2D eigenvalue weighted by atomic mass is 10.1. The highest BCUT2D eigenvalue weighted by molar-refractivity contribution is 6.08. The highest BCUT2D eigenvalue weighted by atomic mass is 19.1. The molecule has 0 saturated heterocycles. The fourth-order valence-corrected chi connectivity index (χ4v) is 3.44. The van der Waals surface area contributed by atoms with Crippen molar-refractivity contribution < 1.29 is 23.4 Å². The first kappa shape index (κ1) is 18.2. The number of hydrogen-bond donors (Lipinski definition) is 0. The van der Waals surface area contributed by atoms with Crippen molar-refractivity contribution in [3.8, 4) is 11.6 Å². The molecular formula is C21H19FN2O4. The van der Waals surface area contributed by atoms with Gasteiger partial charge in [-0.25, -0.2) is 9.37 Å². The Labute approximate surface area is 161 Å². The van der Waals surface area contributed by atoms with Crippen LogP contribution in [0.15, 0.2) is 42.5 Å². The molecule has 1 aliphatic rings. The van der Waals surface area contributed by atoms with Crippen LogP contribution in [0.25, 0.3) is 11.0 Å². The van der Waals surface area contributed by atoms with Gasteiger partial charge in [0.15, 0.2) is 0 Å². The molecule has 1 fully saturated rings. The number of nitrogens with zero attached hydrogens (tertiary/aromatic N) is 2. The number of carbonyl (C=O) groups is 1. The first-order valence-corrected chi connectivity index (χ1v) is 9.15. The Balaban J connectivity index is 1.84. The molecule has 1 aliphatic carbocycles. The van der Waals surface area contributed by atoms with Gasteiger partial charge in [0.05, 0.1) is 7.11 Å². The van der Waals surface area contributed by atoms with Crippen molar-refractivity contribution in [2.24, 2.45) is 0 Å². The SMILES string of the molecule is COc1ccc(C(=O)c2c(OC3CCCC3)nc3ccc(F)cc3[n+]2[O-])cc1. The quantitative estimate of drug-likeness (QED) is 0.383. The number of fused-ring (bicyclic) bond motifs is 1. The van der Waals surface area contributed by atoms with Gasteiger partial charge in [0.25, 0.3) is 11.7 Å². The first-order valence-electron chi connectivity index (χ1n) is 9.15. The average Bonchev–Trinajstić information content (AvgIpc) is 3.21. The molecule has 28 heavy (non-hydrogen) atoms. The van der Waals surface area contributed by atoms with Crippen LogP contribution >= 0.6 is 0 Å². The van der Waals surface area contributed by atoms with E-state index < -0.39 is 11.6 Å². The van der Waals surface area contributed by atoms with Gasteiger partial charge in [-0.15, -0.1) is 0 Å². The van der Waals surface area contributed by atoms with Gasteiger partial charge in [-0.05, 0) is 62.1 Å². The molecule has 0 spiro atoms. The summed E-state index contributed by atoms with van der Waals surface area (Å²) in [6.07, 6.45) is 3.66. The maximum atomic E-state index is 13.7. The van der Waals surface area contributed by atoms with Crippen molar-refractivity contribution in [1.82, 2.24) is 4.98 Å². The van der Waals surface area contributed by atoms with E-state index in [1.165, 1.54) is 19.2 Å². The lowest BCUT2D eigenvalue weighted by Crippen LogP contribution is -2.38. The summed E-state index contributed by atoms with van der Waals surface area (Å²) in [5.74, 6) is -0.537. The second-order valence-corrected chi connectivity index (χ2v) is 6.77. The van der Waals surface area contributed by atoms with Gasteiger partial charge in [0, 0.05) is 11.6 Å². The monoisotopic (exact) mass is 382 g/mol. The van der Waals surface area contributed by atoms with Crippen LogP contribution in [0.3, 0.4) is 0 Å². The predicted octanol–water partition coefficient (Wildman–Crippen LogP) is 3.57. The molecule has 0 N–H and O–H groups in total. The van der Waals surface area contributed by atoms with Crippen LogP contribution in [-0.4, -0.2) is 24.0 Å². The van der Waals surface area contributed by atoms with Gasteiger partial charge in [-0.2, -0.15) is 4.73 Å². The summed E-state index contributed by atoms with van der Waals surface area (Å²) < 4.78 is 25.1. The third-order valence-electron chi connectivity index (χ3n) is 4.93. The van der Waals surface area contributed by atoms with Crippen molar-refractivity contribution in [2.45, 2.75) is 31.8 Å². The largest absolute Gasteiger partial charge is 0.618 e. The lowest BCUT2D eigenvalue weighted by Gasteiger charge is -2.15. The molecule has 3 aromatic rings. The molecule has 1 aromatic heterocycles. The highest BCUT2D eigenvalue weighted by Crippen LogP contribution is 2.27. The Bertz CT molecular complexity index is 1030. The van der Waals surface area contributed by atoms with Crippen LogP contribution in [0.1, 0.15) is 41.7 Å². The normalized spacial score (nSPS) is 14.4. The number of rotatable bonds is 5. The fraction of sp³-hybridized carbons (Fsp3) is 0.286. The molecule has 0 bridgehead atoms. The van der Waals surface area contributed by atoms with E-state index in [0.29, 0.717) is 16.0 Å². The molecule has 1 heterocycles. The molecule has 7 heteroatoms. The number of benzene rings is 2. The third-order valence-corrected chi connectivity index (χ3v) is 4.93. The van der Waals surface area contributed by atoms with Crippen molar-refractivity contribution in [3.63, 3.8) is 0 Å². The summed E-state index contributed by atoms with van der Waals surface area (Å²) in [7, 11) is 1.53. The summed E-state index contributed by atoms with van der Waals surface area (Å²) in [6, 6.07) is 10.1. The van der Waals surface area contributed by atoms with Crippen molar-refractivity contribution >= 4 is 16.8 Å². The van der Waals surface area contributed by atoms with E-state index in [1.807, 2.05) is 0 Å². The van der Waals surface area contributed by atoms with Crippen LogP contribution < -0.4 is 14.2 Å². The minimum Gasteiger partial charge on any atom is -0.618 e. The Morgan fingerprint density at radius 3 is 2.57 bits per heavy atom. The summed E-state index contributed by atoms with van der Waals surface area (Å²) >= 11 is 0. The van der Waals surface area contributed by atoms with Crippen molar-refractivity contribution in [1.29, 1.82) is 0 Å². The van der Waals surface area contributed by atoms with Gasteiger partial charge >= 0.3 is 5.69 Å². The number of carbonyl (C=O) groups excluding carboxylic acids is 1. The van der Waals surface area contributed by atoms with E-state index in [9.17, 15) is 14.4 Å². The van der Waals surface area contributed by atoms with E-state index in [0.717, 1.165) is 31.7 Å². The Kier molecular flexibility index (Phi) is 4.81. The zero-order valence-corrected chi connectivity index (χ0v) is 15.4.